The van der Waals surface area contributed by atoms with E-state index in [1.807, 2.05) is 30.0 Å². The summed E-state index contributed by atoms with van der Waals surface area (Å²) in [6.07, 6.45) is 6.29. The van der Waals surface area contributed by atoms with Crippen molar-refractivity contribution in [2.24, 2.45) is 0 Å². The molecule has 0 spiro atoms. The molecule has 1 amide bonds. The molecule has 1 aromatic heterocycles. The first-order chi connectivity index (χ1) is 10.8. The number of amides is 1. The number of nitrogens with one attached hydrogen (secondary N) is 1. The molecule has 2 aromatic rings. The van der Waals surface area contributed by atoms with E-state index in [1.165, 1.54) is 17.3 Å². The quantitative estimate of drug-likeness (QED) is 0.569. The number of unbranched alkanes of at least 4 members (excludes halogenated alkanes) is 2. The molecule has 4 nitrogen and oxygen atoms in total. The van der Waals surface area contributed by atoms with Gasteiger partial charge in [0.1, 0.15) is 0 Å². The van der Waals surface area contributed by atoms with Gasteiger partial charge in [0.05, 0.1) is 11.9 Å². The van der Waals surface area contributed by atoms with E-state index in [1.54, 1.807) is 6.07 Å². The highest BCUT2D eigenvalue weighted by atomic mass is 32.2. The fraction of sp³-hybridized carbons (Fsp3) is 0.294. The molecule has 5 heteroatoms. The highest BCUT2D eigenvalue weighted by Gasteiger charge is 2.05. The first-order valence-corrected chi connectivity index (χ1v) is 8.35. The lowest BCUT2D eigenvalue weighted by atomic mass is 10.2. The third-order valence-corrected chi connectivity index (χ3v) is 4.23. The van der Waals surface area contributed by atoms with Crippen molar-refractivity contribution in [3.63, 3.8) is 0 Å². The Kier molecular flexibility index (Phi) is 6.77. The van der Waals surface area contributed by atoms with Crippen LogP contribution in [0.2, 0.25) is 0 Å². The molecule has 1 aromatic carbocycles. The zero-order valence-electron chi connectivity index (χ0n) is 12.4. The second-order valence-corrected chi connectivity index (χ2v) is 6.08. The summed E-state index contributed by atoms with van der Waals surface area (Å²) in [4.78, 5) is 16.8. The van der Waals surface area contributed by atoms with Gasteiger partial charge >= 0.3 is 0 Å². The van der Waals surface area contributed by atoms with Crippen LogP contribution in [0.3, 0.4) is 0 Å². The van der Waals surface area contributed by atoms with Gasteiger partial charge in [-0.3, -0.25) is 9.78 Å². The largest absolute Gasteiger partial charge is 0.504 e. The van der Waals surface area contributed by atoms with Crippen LogP contribution in [-0.2, 0) is 4.79 Å². The van der Waals surface area contributed by atoms with E-state index >= 15 is 0 Å². The minimum absolute atomic E-state index is 0.00453. The molecular formula is C17H20N2O2S. The average Bonchev–Trinajstić information content (AvgIpc) is 2.54. The van der Waals surface area contributed by atoms with E-state index in [0.717, 1.165) is 25.0 Å². The second kappa shape index (κ2) is 9.10. The summed E-state index contributed by atoms with van der Waals surface area (Å²) in [6.45, 7) is 0. The van der Waals surface area contributed by atoms with Crippen molar-refractivity contribution >= 4 is 23.4 Å². The summed E-state index contributed by atoms with van der Waals surface area (Å²) in [6, 6.07) is 11.9. The number of anilines is 1. The van der Waals surface area contributed by atoms with E-state index < -0.39 is 0 Å². The maximum Gasteiger partial charge on any atom is 0.224 e. The summed E-state index contributed by atoms with van der Waals surface area (Å²) in [5, 5.41) is 12.2. The molecule has 0 bridgehead atoms. The predicted octanol–water partition coefficient (Wildman–Crippen LogP) is 4.08. The molecule has 0 aliphatic carbocycles. The van der Waals surface area contributed by atoms with Crippen LogP contribution in [0.4, 0.5) is 5.69 Å². The molecule has 116 valence electrons. The number of benzene rings is 1. The van der Waals surface area contributed by atoms with Crippen LogP contribution in [0.25, 0.3) is 0 Å². The number of hydrogen-bond donors (Lipinski definition) is 2. The second-order valence-electron chi connectivity index (χ2n) is 4.91. The molecule has 0 unspecified atom stereocenters. The molecule has 0 saturated carbocycles. The van der Waals surface area contributed by atoms with Crippen molar-refractivity contribution < 1.29 is 9.90 Å². The summed E-state index contributed by atoms with van der Waals surface area (Å²) < 4.78 is 0. The number of aromatic hydroxyl groups is 1. The Morgan fingerprint density at radius 2 is 1.95 bits per heavy atom. The Balaban J connectivity index is 1.57. The van der Waals surface area contributed by atoms with Gasteiger partial charge in [-0.1, -0.05) is 24.6 Å². The van der Waals surface area contributed by atoms with Crippen LogP contribution in [0.1, 0.15) is 25.7 Å². The van der Waals surface area contributed by atoms with Gasteiger partial charge in [-0.25, -0.2) is 0 Å². The number of pyridine rings is 1. The highest BCUT2D eigenvalue weighted by Crippen LogP contribution is 2.21. The Labute approximate surface area is 135 Å². The van der Waals surface area contributed by atoms with Crippen LogP contribution < -0.4 is 5.32 Å². The molecule has 0 aliphatic rings. The van der Waals surface area contributed by atoms with E-state index in [2.05, 4.69) is 22.4 Å². The molecule has 1 heterocycles. The van der Waals surface area contributed by atoms with Crippen molar-refractivity contribution in [1.29, 1.82) is 0 Å². The Morgan fingerprint density at radius 3 is 2.73 bits per heavy atom. The zero-order valence-corrected chi connectivity index (χ0v) is 13.2. The maximum atomic E-state index is 11.8. The highest BCUT2D eigenvalue weighted by molar-refractivity contribution is 7.99. The van der Waals surface area contributed by atoms with E-state index in [9.17, 15) is 9.90 Å². The molecule has 2 rings (SSSR count). The first-order valence-electron chi connectivity index (χ1n) is 7.36. The van der Waals surface area contributed by atoms with Crippen molar-refractivity contribution in [3.05, 3.63) is 48.8 Å². The minimum Gasteiger partial charge on any atom is -0.504 e. The molecule has 0 radical (unpaired) electrons. The van der Waals surface area contributed by atoms with Crippen molar-refractivity contribution in [1.82, 2.24) is 4.98 Å². The van der Waals surface area contributed by atoms with Gasteiger partial charge in [0, 0.05) is 17.5 Å². The number of carbonyl (C=O) groups excluding carboxylic acids is 1. The number of rotatable bonds is 8. The van der Waals surface area contributed by atoms with Gasteiger partial charge in [0.25, 0.3) is 0 Å². The lowest BCUT2D eigenvalue weighted by Crippen LogP contribution is -2.11. The zero-order chi connectivity index (χ0) is 15.6. The lowest BCUT2D eigenvalue weighted by molar-refractivity contribution is -0.116. The molecule has 0 fully saturated rings. The normalized spacial score (nSPS) is 10.4. The standard InChI is InChI=1S/C17H20N2O2S/c20-16-13-18-11-10-15(16)19-17(21)9-5-2-6-12-22-14-7-3-1-4-8-14/h1,3-4,7-8,10-11,13,20H,2,5-6,9,12H2,(H,18,19,21). The van der Waals surface area contributed by atoms with Crippen molar-refractivity contribution in [2.45, 2.75) is 30.6 Å². The summed E-state index contributed by atoms with van der Waals surface area (Å²) in [5.41, 5.74) is 0.416. The third-order valence-electron chi connectivity index (χ3n) is 3.13. The first kappa shape index (κ1) is 16.4. The predicted molar refractivity (Wildman–Crippen MR) is 90.2 cm³/mol. The number of aromatic nitrogens is 1. The summed E-state index contributed by atoms with van der Waals surface area (Å²) >= 11 is 1.84. The van der Waals surface area contributed by atoms with Gasteiger partial charge in [-0.2, -0.15) is 0 Å². The Hall–Kier alpha value is -2.01. The molecule has 22 heavy (non-hydrogen) atoms. The van der Waals surface area contributed by atoms with Crippen LogP contribution >= 0.6 is 11.8 Å². The van der Waals surface area contributed by atoms with E-state index in [4.69, 9.17) is 0 Å². The fourth-order valence-corrected chi connectivity index (χ4v) is 2.91. The van der Waals surface area contributed by atoms with Crippen molar-refractivity contribution in [2.75, 3.05) is 11.1 Å². The lowest BCUT2D eigenvalue weighted by Gasteiger charge is -2.06. The molecule has 0 saturated heterocycles. The Bertz CT molecular complexity index is 590. The number of thioether (sulfide) groups is 1. The van der Waals surface area contributed by atoms with E-state index in [-0.39, 0.29) is 11.7 Å². The fourth-order valence-electron chi connectivity index (χ4n) is 1.98. The van der Waals surface area contributed by atoms with Gasteiger partial charge in [0.2, 0.25) is 5.91 Å². The molecule has 0 atom stereocenters. The van der Waals surface area contributed by atoms with Gasteiger partial charge < -0.3 is 10.4 Å². The Morgan fingerprint density at radius 1 is 1.14 bits per heavy atom. The van der Waals surface area contributed by atoms with Gasteiger partial charge in [-0.15, -0.1) is 11.8 Å². The smallest absolute Gasteiger partial charge is 0.224 e. The summed E-state index contributed by atoms with van der Waals surface area (Å²) in [5.74, 6) is 0.990. The molecule has 2 N–H and O–H groups in total. The number of hydrogen-bond acceptors (Lipinski definition) is 4. The van der Waals surface area contributed by atoms with Crippen LogP contribution in [0, 0.1) is 0 Å². The monoisotopic (exact) mass is 316 g/mol. The number of carbonyl (C=O) groups is 1. The third kappa shape index (κ3) is 5.77. The maximum absolute atomic E-state index is 11.8. The van der Waals surface area contributed by atoms with E-state index in [0.29, 0.717) is 12.1 Å². The van der Waals surface area contributed by atoms with Gasteiger partial charge in [0.15, 0.2) is 5.75 Å². The van der Waals surface area contributed by atoms with Crippen LogP contribution in [0.15, 0.2) is 53.7 Å². The SMILES string of the molecule is O=C(CCCCCSc1ccccc1)Nc1ccncc1O. The van der Waals surface area contributed by atoms with Gasteiger partial charge in [-0.05, 0) is 36.8 Å². The topological polar surface area (TPSA) is 62.2 Å². The molecular weight excluding hydrogens is 296 g/mol. The van der Waals surface area contributed by atoms with Crippen LogP contribution in [-0.4, -0.2) is 21.8 Å². The average molecular weight is 316 g/mol. The minimum atomic E-state index is -0.0720. The summed E-state index contributed by atoms with van der Waals surface area (Å²) in [7, 11) is 0. The van der Waals surface area contributed by atoms with Crippen molar-refractivity contribution in [3.8, 4) is 5.75 Å². The molecule has 0 aliphatic heterocycles. The number of nitrogens with zero attached hydrogens (tertiary/aromatic N) is 1. The van der Waals surface area contributed by atoms with Crippen LogP contribution in [0.5, 0.6) is 5.75 Å².